The lowest BCUT2D eigenvalue weighted by Gasteiger charge is -2.22. The molecular weight excluding hydrogens is 198 g/mol. The fourth-order valence-electron chi connectivity index (χ4n) is 1.92. The number of hydrogen-bond acceptors (Lipinski definition) is 2. The van der Waals surface area contributed by atoms with Crippen LogP contribution in [0.25, 0.3) is 0 Å². The smallest absolute Gasteiger partial charge is 0.129 e. The van der Waals surface area contributed by atoms with Crippen molar-refractivity contribution in [1.82, 2.24) is 15.1 Å². The van der Waals surface area contributed by atoms with Gasteiger partial charge in [-0.1, -0.05) is 11.6 Å². The number of nitrogens with zero attached hydrogens (tertiary/aromatic N) is 2. The fourth-order valence-corrected chi connectivity index (χ4v) is 2.08. The van der Waals surface area contributed by atoms with Crippen molar-refractivity contribution in [2.75, 3.05) is 13.1 Å². The Morgan fingerprint density at radius 1 is 1.71 bits per heavy atom. The molecule has 3 nitrogen and oxygen atoms in total. The van der Waals surface area contributed by atoms with Crippen LogP contribution < -0.4 is 5.32 Å². The van der Waals surface area contributed by atoms with Crippen LogP contribution in [-0.4, -0.2) is 22.9 Å². The summed E-state index contributed by atoms with van der Waals surface area (Å²) >= 11 is 6.11. The molecule has 1 aliphatic rings. The van der Waals surface area contributed by atoms with Gasteiger partial charge in [-0.3, -0.25) is 4.68 Å². The van der Waals surface area contributed by atoms with Gasteiger partial charge in [0.25, 0.3) is 0 Å². The number of nitrogens with one attached hydrogen (secondary N) is 1. The molecule has 1 aromatic heterocycles. The van der Waals surface area contributed by atoms with Crippen molar-refractivity contribution >= 4 is 11.6 Å². The second-order valence-corrected chi connectivity index (χ2v) is 4.37. The van der Waals surface area contributed by atoms with Crippen molar-refractivity contribution in [2.24, 2.45) is 5.92 Å². The topological polar surface area (TPSA) is 29.9 Å². The molecule has 0 saturated carbocycles. The molecule has 4 heteroatoms. The Hall–Kier alpha value is -0.540. The van der Waals surface area contributed by atoms with Crippen LogP contribution in [0.5, 0.6) is 0 Å². The first-order valence-corrected chi connectivity index (χ1v) is 5.54. The van der Waals surface area contributed by atoms with E-state index < -0.39 is 0 Å². The van der Waals surface area contributed by atoms with Crippen LogP contribution in [0.15, 0.2) is 6.20 Å². The number of hydrogen-bond donors (Lipinski definition) is 1. The number of aromatic nitrogens is 2. The molecule has 0 amide bonds. The van der Waals surface area contributed by atoms with Gasteiger partial charge in [0, 0.05) is 12.1 Å². The third-order valence-corrected chi connectivity index (χ3v) is 3.27. The van der Waals surface area contributed by atoms with Crippen LogP contribution in [0.2, 0.25) is 5.15 Å². The SMILES string of the molecule is Cc1cnn(CC2CCCNC2)c1Cl. The van der Waals surface area contributed by atoms with Crippen LogP contribution >= 0.6 is 11.6 Å². The Morgan fingerprint density at radius 3 is 3.14 bits per heavy atom. The molecule has 1 aromatic rings. The maximum absolute atomic E-state index is 6.11. The Balaban J connectivity index is 1.99. The van der Waals surface area contributed by atoms with Gasteiger partial charge in [-0.15, -0.1) is 0 Å². The number of rotatable bonds is 2. The monoisotopic (exact) mass is 213 g/mol. The lowest BCUT2D eigenvalue weighted by atomic mass is 10.00. The summed E-state index contributed by atoms with van der Waals surface area (Å²) in [6.45, 7) is 5.18. The standard InChI is InChI=1S/C10H16ClN3/c1-8-5-13-14(10(8)11)7-9-3-2-4-12-6-9/h5,9,12H,2-4,6-7H2,1H3. The third kappa shape index (κ3) is 2.10. The van der Waals surface area contributed by atoms with Crippen molar-refractivity contribution in [3.63, 3.8) is 0 Å². The largest absolute Gasteiger partial charge is 0.316 e. The Bertz CT molecular complexity index is 302. The van der Waals surface area contributed by atoms with Gasteiger partial charge in [-0.25, -0.2) is 0 Å². The van der Waals surface area contributed by atoms with E-state index in [1.54, 1.807) is 0 Å². The van der Waals surface area contributed by atoms with Crippen LogP contribution in [0.3, 0.4) is 0 Å². The molecule has 2 rings (SSSR count). The van der Waals surface area contributed by atoms with Crippen molar-refractivity contribution in [3.8, 4) is 0 Å². The van der Waals surface area contributed by atoms with Crippen molar-refractivity contribution in [1.29, 1.82) is 0 Å². The van der Waals surface area contributed by atoms with Gasteiger partial charge in [0.15, 0.2) is 0 Å². The molecule has 0 radical (unpaired) electrons. The molecular formula is C10H16ClN3. The fraction of sp³-hybridized carbons (Fsp3) is 0.700. The minimum Gasteiger partial charge on any atom is -0.316 e. The number of aryl methyl sites for hydroxylation is 1. The Labute approximate surface area is 89.4 Å². The highest BCUT2D eigenvalue weighted by molar-refractivity contribution is 6.30. The molecule has 1 N–H and O–H groups in total. The average molecular weight is 214 g/mol. The van der Waals surface area contributed by atoms with E-state index in [0.717, 1.165) is 30.4 Å². The first-order valence-electron chi connectivity index (χ1n) is 5.16. The zero-order chi connectivity index (χ0) is 9.97. The van der Waals surface area contributed by atoms with E-state index in [-0.39, 0.29) is 0 Å². The lowest BCUT2D eigenvalue weighted by molar-refractivity contribution is 0.325. The molecule has 0 bridgehead atoms. The van der Waals surface area contributed by atoms with E-state index in [0.29, 0.717) is 5.92 Å². The van der Waals surface area contributed by atoms with Crippen LogP contribution in [0.1, 0.15) is 18.4 Å². The van der Waals surface area contributed by atoms with E-state index >= 15 is 0 Å². The third-order valence-electron chi connectivity index (χ3n) is 2.77. The van der Waals surface area contributed by atoms with Gasteiger partial charge in [-0.05, 0) is 38.8 Å². The zero-order valence-electron chi connectivity index (χ0n) is 8.46. The molecule has 78 valence electrons. The summed E-state index contributed by atoms with van der Waals surface area (Å²) in [5, 5.41) is 8.45. The molecule has 1 atom stereocenters. The normalized spacial score (nSPS) is 22.6. The predicted molar refractivity (Wildman–Crippen MR) is 57.6 cm³/mol. The van der Waals surface area contributed by atoms with Gasteiger partial charge in [0.2, 0.25) is 0 Å². The molecule has 0 aromatic carbocycles. The summed E-state index contributed by atoms with van der Waals surface area (Å²) in [7, 11) is 0. The second-order valence-electron chi connectivity index (χ2n) is 4.01. The highest BCUT2D eigenvalue weighted by Gasteiger charge is 2.15. The van der Waals surface area contributed by atoms with Crippen molar-refractivity contribution in [2.45, 2.75) is 26.3 Å². The summed E-state index contributed by atoms with van der Waals surface area (Å²) in [5.41, 5.74) is 1.07. The first-order chi connectivity index (χ1) is 6.77. The number of halogens is 1. The molecule has 0 aliphatic carbocycles. The minimum atomic E-state index is 0.681. The van der Waals surface area contributed by atoms with Gasteiger partial charge < -0.3 is 5.32 Å². The first kappa shape index (κ1) is 9.99. The summed E-state index contributed by atoms with van der Waals surface area (Å²) in [6, 6.07) is 0. The van der Waals surface area contributed by atoms with E-state index in [1.807, 2.05) is 17.8 Å². The van der Waals surface area contributed by atoms with E-state index in [2.05, 4.69) is 10.4 Å². The quantitative estimate of drug-likeness (QED) is 0.813. The zero-order valence-corrected chi connectivity index (χ0v) is 9.22. The molecule has 2 heterocycles. The lowest BCUT2D eigenvalue weighted by Crippen LogP contribution is -2.32. The van der Waals surface area contributed by atoms with Gasteiger partial charge in [0.1, 0.15) is 5.15 Å². The second kappa shape index (κ2) is 4.32. The van der Waals surface area contributed by atoms with Crippen LogP contribution in [0.4, 0.5) is 0 Å². The highest BCUT2D eigenvalue weighted by atomic mass is 35.5. The van der Waals surface area contributed by atoms with E-state index in [1.165, 1.54) is 12.8 Å². The average Bonchev–Trinajstić information content (AvgIpc) is 2.52. The molecule has 0 spiro atoms. The van der Waals surface area contributed by atoms with E-state index in [9.17, 15) is 0 Å². The van der Waals surface area contributed by atoms with Crippen molar-refractivity contribution < 1.29 is 0 Å². The van der Waals surface area contributed by atoms with Crippen LogP contribution in [0, 0.1) is 12.8 Å². The summed E-state index contributed by atoms with van der Waals surface area (Å²) in [4.78, 5) is 0. The van der Waals surface area contributed by atoms with E-state index in [4.69, 9.17) is 11.6 Å². The Kier molecular flexibility index (Phi) is 3.08. The number of piperidine rings is 1. The maximum atomic E-state index is 6.11. The molecule has 1 unspecified atom stereocenters. The maximum Gasteiger partial charge on any atom is 0.129 e. The summed E-state index contributed by atoms with van der Waals surface area (Å²) in [6.07, 6.45) is 4.38. The predicted octanol–water partition coefficient (Wildman–Crippen LogP) is 1.84. The summed E-state index contributed by atoms with van der Waals surface area (Å²) < 4.78 is 1.91. The molecule has 1 saturated heterocycles. The van der Waals surface area contributed by atoms with Gasteiger partial charge >= 0.3 is 0 Å². The molecule has 14 heavy (non-hydrogen) atoms. The molecule has 1 fully saturated rings. The van der Waals surface area contributed by atoms with Crippen molar-refractivity contribution in [3.05, 3.63) is 16.9 Å². The van der Waals surface area contributed by atoms with Gasteiger partial charge in [-0.2, -0.15) is 5.10 Å². The minimum absolute atomic E-state index is 0.681. The van der Waals surface area contributed by atoms with Crippen LogP contribution in [-0.2, 0) is 6.54 Å². The molecule has 1 aliphatic heterocycles. The highest BCUT2D eigenvalue weighted by Crippen LogP contribution is 2.18. The van der Waals surface area contributed by atoms with Gasteiger partial charge in [0.05, 0.1) is 6.20 Å². The summed E-state index contributed by atoms with van der Waals surface area (Å²) in [5.74, 6) is 0.681. The Morgan fingerprint density at radius 2 is 2.57 bits per heavy atom.